The van der Waals surface area contributed by atoms with Gasteiger partial charge in [0.1, 0.15) is 0 Å². The fourth-order valence-electron chi connectivity index (χ4n) is 2.38. The zero-order chi connectivity index (χ0) is 19.3. The van der Waals surface area contributed by atoms with E-state index in [9.17, 15) is 18.0 Å². The largest absolute Gasteiger partial charge is 0.416 e. The number of carbonyl (C=O) groups is 1. The summed E-state index contributed by atoms with van der Waals surface area (Å²) in [5.41, 5.74) is 0.0394. The second-order valence-corrected chi connectivity index (χ2v) is 6.73. The average Bonchev–Trinajstić information content (AvgIpc) is 3.31. The van der Waals surface area contributed by atoms with Crippen molar-refractivity contribution in [1.29, 1.82) is 0 Å². The zero-order valence-electron chi connectivity index (χ0n) is 14.1. The number of nitrogens with zero attached hydrogens (tertiary/aromatic N) is 2. The molecule has 3 aromatic rings. The molecule has 0 saturated heterocycles. The highest BCUT2D eigenvalue weighted by Gasteiger charge is 2.29. The lowest BCUT2D eigenvalue weighted by atomic mass is 10.1. The molecule has 1 N–H and O–H groups in total. The minimum Gasteiger partial charge on any atom is -0.356 e. The van der Waals surface area contributed by atoms with Crippen LogP contribution in [0.3, 0.4) is 0 Å². The van der Waals surface area contributed by atoms with Gasteiger partial charge in [-0.3, -0.25) is 4.79 Å². The van der Waals surface area contributed by atoms with Crippen molar-refractivity contribution in [2.75, 3.05) is 6.54 Å². The van der Waals surface area contributed by atoms with Crippen molar-refractivity contribution in [2.45, 2.75) is 25.4 Å². The molecule has 0 fully saturated rings. The van der Waals surface area contributed by atoms with E-state index in [1.807, 2.05) is 17.5 Å². The molecule has 0 aliphatic carbocycles. The summed E-state index contributed by atoms with van der Waals surface area (Å²) in [7, 11) is 0. The highest BCUT2D eigenvalue weighted by atomic mass is 32.1. The van der Waals surface area contributed by atoms with Crippen molar-refractivity contribution in [3.8, 4) is 10.7 Å². The normalized spacial score (nSPS) is 11.5. The third kappa shape index (κ3) is 5.40. The molecular formula is C18H16F3N3O2S. The molecule has 0 bridgehead atoms. The van der Waals surface area contributed by atoms with E-state index in [4.69, 9.17) is 4.52 Å². The maximum Gasteiger partial charge on any atom is 0.416 e. The van der Waals surface area contributed by atoms with Gasteiger partial charge < -0.3 is 9.84 Å². The molecule has 3 rings (SSSR count). The van der Waals surface area contributed by atoms with Crippen molar-refractivity contribution in [3.05, 3.63) is 58.8 Å². The molecule has 1 aromatic carbocycles. The summed E-state index contributed by atoms with van der Waals surface area (Å²) in [5.74, 6) is 0.705. The molecule has 0 atom stereocenters. The second-order valence-electron chi connectivity index (χ2n) is 5.78. The van der Waals surface area contributed by atoms with E-state index in [1.54, 1.807) is 0 Å². The van der Waals surface area contributed by atoms with Gasteiger partial charge in [-0.1, -0.05) is 23.4 Å². The highest BCUT2D eigenvalue weighted by molar-refractivity contribution is 7.13. The number of amides is 1. The third-order valence-corrected chi connectivity index (χ3v) is 4.66. The van der Waals surface area contributed by atoms with E-state index >= 15 is 0 Å². The molecule has 9 heteroatoms. The number of thiophene rings is 1. The fraction of sp³-hybridized carbons (Fsp3) is 0.278. The first-order valence-electron chi connectivity index (χ1n) is 8.21. The molecule has 2 heterocycles. The van der Waals surface area contributed by atoms with Crippen molar-refractivity contribution >= 4 is 17.2 Å². The standard InChI is InChI=1S/C18H16F3N3O2S/c19-18(20,21)13-5-3-12(4-6-13)9-10-22-15(25)7-8-16-23-17(24-26-16)14-2-1-11-27-14/h1-6,11H,7-10H2,(H,22,25). The molecule has 1 amide bonds. The Morgan fingerprint density at radius 2 is 1.93 bits per heavy atom. The molecule has 142 valence electrons. The number of aryl methyl sites for hydroxylation is 1. The summed E-state index contributed by atoms with van der Waals surface area (Å²) in [6.45, 7) is 0.342. The van der Waals surface area contributed by atoms with Crippen molar-refractivity contribution in [2.24, 2.45) is 0 Å². The quantitative estimate of drug-likeness (QED) is 0.654. The van der Waals surface area contributed by atoms with Crippen molar-refractivity contribution in [3.63, 3.8) is 0 Å². The lowest BCUT2D eigenvalue weighted by Crippen LogP contribution is -2.25. The monoisotopic (exact) mass is 395 g/mol. The van der Waals surface area contributed by atoms with E-state index in [1.165, 1.54) is 23.5 Å². The van der Waals surface area contributed by atoms with Crippen LogP contribution in [0.15, 0.2) is 46.3 Å². The van der Waals surface area contributed by atoms with Crippen LogP contribution in [0, 0.1) is 0 Å². The van der Waals surface area contributed by atoms with Crippen LogP contribution in [0.25, 0.3) is 10.7 Å². The molecule has 2 aromatic heterocycles. The molecule has 5 nitrogen and oxygen atoms in total. The van der Waals surface area contributed by atoms with Gasteiger partial charge >= 0.3 is 6.18 Å². The van der Waals surface area contributed by atoms with E-state index in [0.717, 1.165) is 22.6 Å². The average molecular weight is 395 g/mol. The Balaban J connectivity index is 1.40. The minimum atomic E-state index is -4.34. The molecular weight excluding hydrogens is 379 g/mol. The summed E-state index contributed by atoms with van der Waals surface area (Å²) in [6, 6.07) is 8.68. The Bertz CT molecular complexity index is 874. The summed E-state index contributed by atoms with van der Waals surface area (Å²) in [5, 5.41) is 8.52. The van der Waals surface area contributed by atoms with Gasteiger partial charge in [0.05, 0.1) is 10.4 Å². The Hall–Kier alpha value is -2.68. The van der Waals surface area contributed by atoms with Gasteiger partial charge in [0.2, 0.25) is 17.6 Å². The topological polar surface area (TPSA) is 68.0 Å². The molecule has 0 radical (unpaired) electrons. The van der Waals surface area contributed by atoms with E-state index < -0.39 is 11.7 Å². The lowest BCUT2D eigenvalue weighted by Gasteiger charge is -2.08. The SMILES string of the molecule is O=C(CCc1nc(-c2cccs2)no1)NCCc1ccc(C(F)(F)F)cc1. The number of nitrogens with one attached hydrogen (secondary N) is 1. The Kier molecular flexibility index (Phi) is 5.90. The second kappa shape index (κ2) is 8.34. The predicted octanol–water partition coefficient (Wildman–Crippen LogP) is 4.11. The molecule has 0 spiro atoms. The molecule has 27 heavy (non-hydrogen) atoms. The number of halogens is 3. The highest BCUT2D eigenvalue weighted by Crippen LogP contribution is 2.29. The van der Waals surface area contributed by atoms with Gasteiger partial charge in [-0.15, -0.1) is 11.3 Å². The van der Waals surface area contributed by atoms with Gasteiger partial charge in [0.15, 0.2) is 0 Å². The molecule has 0 aliphatic heterocycles. The molecule has 0 saturated carbocycles. The fourth-order valence-corrected chi connectivity index (χ4v) is 3.03. The smallest absolute Gasteiger partial charge is 0.356 e. The van der Waals surface area contributed by atoms with Crippen molar-refractivity contribution < 1.29 is 22.5 Å². The van der Waals surface area contributed by atoms with E-state index in [2.05, 4.69) is 15.5 Å². The molecule has 0 aliphatic rings. The summed E-state index contributed by atoms with van der Waals surface area (Å²) in [6.07, 6.45) is -3.37. The minimum absolute atomic E-state index is 0.183. The van der Waals surface area contributed by atoms with Crippen LogP contribution < -0.4 is 5.32 Å². The number of hydrogen-bond acceptors (Lipinski definition) is 5. The first kappa shape index (κ1) is 19.1. The molecule has 0 unspecified atom stereocenters. The third-order valence-electron chi connectivity index (χ3n) is 3.79. The maximum absolute atomic E-state index is 12.5. The number of alkyl halides is 3. The number of hydrogen-bond donors (Lipinski definition) is 1. The number of carbonyl (C=O) groups excluding carboxylic acids is 1. The lowest BCUT2D eigenvalue weighted by molar-refractivity contribution is -0.137. The van der Waals surface area contributed by atoms with Crippen LogP contribution in [0.4, 0.5) is 13.2 Å². The Labute approximate surface area is 157 Å². The van der Waals surface area contributed by atoms with Crippen molar-refractivity contribution in [1.82, 2.24) is 15.5 Å². The number of benzene rings is 1. The summed E-state index contributed by atoms with van der Waals surface area (Å²) >= 11 is 1.50. The summed E-state index contributed by atoms with van der Waals surface area (Å²) in [4.78, 5) is 17.0. The first-order valence-corrected chi connectivity index (χ1v) is 9.09. The zero-order valence-corrected chi connectivity index (χ0v) is 14.9. The van der Waals surface area contributed by atoms with Gasteiger partial charge in [0, 0.05) is 19.4 Å². The van der Waals surface area contributed by atoms with E-state index in [0.29, 0.717) is 31.1 Å². The van der Waals surface area contributed by atoms with Crippen LogP contribution in [0.1, 0.15) is 23.4 Å². The Morgan fingerprint density at radius 1 is 1.15 bits per heavy atom. The predicted molar refractivity (Wildman–Crippen MR) is 94.1 cm³/mol. The Morgan fingerprint density at radius 3 is 2.59 bits per heavy atom. The van der Waals surface area contributed by atoms with Gasteiger partial charge in [0.25, 0.3) is 0 Å². The van der Waals surface area contributed by atoms with Crippen LogP contribution in [0.2, 0.25) is 0 Å². The number of rotatable bonds is 7. The first-order chi connectivity index (χ1) is 12.9. The van der Waals surface area contributed by atoms with Gasteiger partial charge in [-0.05, 0) is 35.6 Å². The van der Waals surface area contributed by atoms with Crippen LogP contribution >= 0.6 is 11.3 Å². The van der Waals surface area contributed by atoms with Gasteiger partial charge in [-0.2, -0.15) is 18.2 Å². The van der Waals surface area contributed by atoms with Crippen LogP contribution in [0.5, 0.6) is 0 Å². The van der Waals surface area contributed by atoms with Crippen LogP contribution in [-0.2, 0) is 23.8 Å². The summed E-state index contributed by atoms with van der Waals surface area (Å²) < 4.78 is 42.7. The van der Waals surface area contributed by atoms with Crippen LogP contribution in [-0.4, -0.2) is 22.6 Å². The van der Waals surface area contributed by atoms with E-state index in [-0.39, 0.29) is 12.3 Å². The van der Waals surface area contributed by atoms with Gasteiger partial charge in [-0.25, -0.2) is 0 Å². The maximum atomic E-state index is 12.5. The number of aromatic nitrogens is 2.